The zero-order chi connectivity index (χ0) is 19.8. The lowest BCUT2D eigenvalue weighted by Crippen LogP contribution is -2.33. The van der Waals surface area contributed by atoms with Gasteiger partial charge in [0.15, 0.2) is 4.80 Å². The number of carbonyl (C=O) groups is 1. The summed E-state index contributed by atoms with van der Waals surface area (Å²) in [5.41, 5.74) is 0.317. The van der Waals surface area contributed by atoms with E-state index in [-0.39, 0.29) is 17.4 Å². The number of thiazole rings is 1. The van der Waals surface area contributed by atoms with E-state index in [1.54, 1.807) is 18.2 Å². The van der Waals surface area contributed by atoms with E-state index in [1.165, 1.54) is 18.4 Å². The number of aliphatic hydroxyl groups is 1. The number of halogens is 1. The van der Waals surface area contributed by atoms with E-state index in [2.05, 4.69) is 32.0 Å². The number of amides is 1. The van der Waals surface area contributed by atoms with Crippen molar-refractivity contribution >= 4 is 28.8 Å². The van der Waals surface area contributed by atoms with Gasteiger partial charge in [-0.3, -0.25) is 4.79 Å². The van der Waals surface area contributed by atoms with Crippen molar-refractivity contribution in [3.8, 4) is 5.75 Å². The number of carbonyl (C=O) groups excluding carboxylic acids is 1. The van der Waals surface area contributed by atoms with Crippen LogP contribution in [0.1, 0.15) is 48.8 Å². The fourth-order valence-electron chi connectivity index (χ4n) is 3.07. The standard InChI is InChI=1S/C20H25ClN2O3S/c1-20(2,3)17-11-23(10-12-7-14(24)8-12)19(27-17)22-18(25)15-9-13(21)5-6-16(15)26-4/h5-6,9,11-12,14,24H,7-8,10H2,1-4H3/b22-19-/t12-,14+. The molecule has 7 heteroatoms. The molecule has 0 spiro atoms. The highest BCUT2D eigenvalue weighted by Gasteiger charge is 2.28. The molecule has 0 aliphatic heterocycles. The molecule has 27 heavy (non-hydrogen) atoms. The zero-order valence-electron chi connectivity index (χ0n) is 16.0. The highest BCUT2D eigenvalue weighted by Crippen LogP contribution is 2.30. The van der Waals surface area contributed by atoms with Crippen LogP contribution in [0.4, 0.5) is 0 Å². The Kier molecular flexibility index (Phi) is 5.79. The van der Waals surface area contributed by atoms with Crippen molar-refractivity contribution in [2.24, 2.45) is 10.9 Å². The van der Waals surface area contributed by atoms with Gasteiger partial charge in [0.05, 0.1) is 18.8 Å². The van der Waals surface area contributed by atoms with Crippen molar-refractivity contribution in [1.29, 1.82) is 0 Å². The molecule has 1 aromatic carbocycles. The summed E-state index contributed by atoms with van der Waals surface area (Å²) in [7, 11) is 1.52. The van der Waals surface area contributed by atoms with E-state index in [0.29, 0.717) is 27.1 Å². The van der Waals surface area contributed by atoms with Gasteiger partial charge in [-0.25, -0.2) is 0 Å². The number of nitrogens with zero attached hydrogens (tertiary/aromatic N) is 2. The Morgan fingerprint density at radius 2 is 2.11 bits per heavy atom. The minimum atomic E-state index is -0.376. The topological polar surface area (TPSA) is 63.8 Å². The molecule has 1 aliphatic carbocycles. The van der Waals surface area contributed by atoms with Crippen LogP contribution in [-0.2, 0) is 12.0 Å². The van der Waals surface area contributed by atoms with Gasteiger partial charge in [-0.15, -0.1) is 11.3 Å². The second-order valence-electron chi connectivity index (χ2n) is 8.03. The first-order valence-corrected chi connectivity index (χ1v) is 10.2. The molecule has 0 atom stereocenters. The number of hydrogen-bond acceptors (Lipinski definition) is 4. The maximum absolute atomic E-state index is 12.8. The number of benzene rings is 1. The highest BCUT2D eigenvalue weighted by atomic mass is 35.5. The SMILES string of the molecule is COc1ccc(Cl)cc1C(=O)/N=c1\sc(C(C)(C)C)cn1C[C@H]1C[C@@H](O)C1. The summed E-state index contributed by atoms with van der Waals surface area (Å²) in [6.45, 7) is 7.17. The molecule has 1 heterocycles. The predicted molar refractivity (Wildman–Crippen MR) is 108 cm³/mol. The van der Waals surface area contributed by atoms with Gasteiger partial charge < -0.3 is 14.4 Å². The molecule has 1 fully saturated rings. The van der Waals surface area contributed by atoms with Gasteiger partial charge >= 0.3 is 0 Å². The Hall–Kier alpha value is -1.63. The quantitative estimate of drug-likeness (QED) is 0.830. The number of ether oxygens (including phenoxy) is 1. The lowest BCUT2D eigenvalue weighted by atomic mass is 9.82. The summed E-state index contributed by atoms with van der Waals surface area (Å²) in [4.78, 5) is 19.0. The van der Waals surface area contributed by atoms with E-state index in [1.807, 2.05) is 4.57 Å². The molecule has 1 saturated carbocycles. The molecule has 0 bridgehead atoms. The van der Waals surface area contributed by atoms with Crippen molar-refractivity contribution < 1.29 is 14.6 Å². The molecule has 3 rings (SSSR count). The monoisotopic (exact) mass is 408 g/mol. The van der Waals surface area contributed by atoms with Crippen molar-refractivity contribution in [3.05, 3.63) is 44.7 Å². The Morgan fingerprint density at radius 3 is 2.70 bits per heavy atom. The first-order chi connectivity index (χ1) is 12.7. The first kappa shape index (κ1) is 20.1. The lowest BCUT2D eigenvalue weighted by Gasteiger charge is -2.31. The third-order valence-corrected chi connectivity index (χ3v) is 6.40. The van der Waals surface area contributed by atoms with Crippen LogP contribution in [0.25, 0.3) is 0 Å². The predicted octanol–water partition coefficient (Wildman–Crippen LogP) is 4.02. The maximum Gasteiger partial charge on any atom is 0.283 e. The average Bonchev–Trinajstić information content (AvgIpc) is 2.96. The number of rotatable bonds is 4. The van der Waals surface area contributed by atoms with E-state index in [4.69, 9.17) is 16.3 Å². The van der Waals surface area contributed by atoms with Gasteiger partial charge in [0.2, 0.25) is 0 Å². The molecule has 0 radical (unpaired) electrons. The van der Waals surface area contributed by atoms with E-state index in [9.17, 15) is 9.90 Å². The van der Waals surface area contributed by atoms with Crippen molar-refractivity contribution in [3.63, 3.8) is 0 Å². The zero-order valence-corrected chi connectivity index (χ0v) is 17.6. The molecule has 1 aliphatic rings. The van der Waals surface area contributed by atoms with Gasteiger partial charge in [0.1, 0.15) is 5.75 Å². The Morgan fingerprint density at radius 1 is 1.41 bits per heavy atom. The third-order valence-electron chi connectivity index (χ3n) is 4.71. The average molecular weight is 409 g/mol. The summed E-state index contributed by atoms with van der Waals surface area (Å²) < 4.78 is 7.32. The smallest absolute Gasteiger partial charge is 0.283 e. The summed E-state index contributed by atoms with van der Waals surface area (Å²) in [6, 6.07) is 4.93. The Bertz CT molecular complexity index is 905. The van der Waals surface area contributed by atoms with Crippen LogP contribution in [0.15, 0.2) is 29.4 Å². The van der Waals surface area contributed by atoms with Crippen LogP contribution >= 0.6 is 22.9 Å². The van der Waals surface area contributed by atoms with Crippen molar-refractivity contribution in [1.82, 2.24) is 4.57 Å². The molecular weight excluding hydrogens is 384 g/mol. The third kappa shape index (κ3) is 4.62. The van der Waals surface area contributed by atoms with Gasteiger partial charge in [-0.05, 0) is 42.4 Å². The summed E-state index contributed by atoms with van der Waals surface area (Å²) in [5.74, 6) is 0.491. The van der Waals surface area contributed by atoms with Crippen LogP contribution in [0.5, 0.6) is 5.75 Å². The Labute approximate surface area is 168 Å². The largest absolute Gasteiger partial charge is 0.496 e. The second-order valence-corrected chi connectivity index (χ2v) is 9.48. The minimum absolute atomic E-state index is 0.0316. The molecule has 0 saturated heterocycles. The summed E-state index contributed by atoms with van der Waals surface area (Å²) in [6.07, 6.45) is 3.47. The molecule has 1 N–H and O–H groups in total. The van der Waals surface area contributed by atoms with Gasteiger partial charge in [0.25, 0.3) is 5.91 Å². The maximum atomic E-state index is 12.8. The second kappa shape index (κ2) is 7.78. The van der Waals surface area contributed by atoms with Gasteiger partial charge in [-0.1, -0.05) is 32.4 Å². The molecule has 1 aromatic heterocycles. The number of aromatic nitrogens is 1. The van der Waals surface area contributed by atoms with Crippen LogP contribution in [0, 0.1) is 5.92 Å². The number of methoxy groups -OCH3 is 1. The fraction of sp³-hybridized carbons (Fsp3) is 0.500. The first-order valence-electron chi connectivity index (χ1n) is 8.99. The van der Waals surface area contributed by atoms with Crippen LogP contribution in [0.3, 0.4) is 0 Å². The van der Waals surface area contributed by atoms with Crippen LogP contribution < -0.4 is 9.54 Å². The molecule has 5 nitrogen and oxygen atoms in total. The van der Waals surface area contributed by atoms with Gasteiger partial charge in [0, 0.05) is 22.6 Å². The normalized spacial score (nSPS) is 20.4. The highest BCUT2D eigenvalue weighted by molar-refractivity contribution is 7.09. The Balaban J connectivity index is 1.99. The fourth-order valence-corrected chi connectivity index (χ4v) is 4.29. The van der Waals surface area contributed by atoms with Crippen LogP contribution in [0.2, 0.25) is 5.02 Å². The van der Waals surface area contributed by atoms with E-state index < -0.39 is 0 Å². The molecule has 0 unspecified atom stereocenters. The van der Waals surface area contributed by atoms with Crippen LogP contribution in [-0.4, -0.2) is 28.8 Å². The molecule has 2 aromatic rings. The van der Waals surface area contributed by atoms with Gasteiger partial charge in [-0.2, -0.15) is 4.99 Å². The summed E-state index contributed by atoms with van der Waals surface area (Å²) >= 11 is 7.57. The van der Waals surface area contributed by atoms with Crippen molar-refractivity contribution in [2.45, 2.75) is 51.7 Å². The molecule has 1 amide bonds. The number of hydrogen-bond donors (Lipinski definition) is 1. The minimum Gasteiger partial charge on any atom is -0.496 e. The molecular formula is C20H25ClN2O3S. The lowest BCUT2D eigenvalue weighted by molar-refractivity contribution is 0.0348. The van der Waals surface area contributed by atoms with E-state index in [0.717, 1.165) is 24.3 Å². The summed E-state index contributed by atoms with van der Waals surface area (Å²) in [5, 5.41) is 10.0. The van der Waals surface area contributed by atoms with E-state index >= 15 is 0 Å². The van der Waals surface area contributed by atoms with Crippen molar-refractivity contribution in [2.75, 3.05) is 7.11 Å². The number of aliphatic hydroxyl groups excluding tert-OH is 1. The molecule has 146 valence electrons.